The lowest BCUT2D eigenvalue weighted by atomic mass is 10.1. The van der Waals surface area contributed by atoms with E-state index in [-0.39, 0.29) is 18.4 Å². The Morgan fingerprint density at radius 1 is 1.03 bits per heavy atom. The standard InChI is InChI=1S/C29H30N4O3/c1-34-22-9-6-19(7-10-22)29-35-16-20-14-21(15-26(20)36-29)33-13-12-24-27(30-17-31-28(24)33)32-25-11-8-18-4-2-3-5-23(18)25/h2-7,9-10,12-13,17,20-21,25-26,29H,8,11,14-16H2,1H3,(H,30,31,32). The molecule has 5 unspecified atom stereocenters. The number of methoxy groups -OCH3 is 1. The lowest BCUT2D eigenvalue weighted by Crippen LogP contribution is -2.32. The van der Waals surface area contributed by atoms with E-state index in [0.717, 1.165) is 53.8 Å². The van der Waals surface area contributed by atoms with Crippen LogP contribution in [-0.4, -0.2) is 34.4 Å². The second-order valence-electron chi connectivity index (χ2n) is 10.1. The lowest BCUT2D eigenvalue weighted by molar-refractivity contribution is -0.233. The van der Waals surface area contributed by atoms with E-state index in [4.69, 9.17) is 14.2 Å². The molecule has 2 aromatic heterocycles. The first-order valence-corrected chi connectivity index (χ1v) is 12.8. The van der Waals surface area contributed by atoms with Crippen molar-refractivity contribution < 1.29 is 14.2 Å². The fraction of sp³-hybridized carbons (Fsp3) is 0.379. The molecule has 5 atom stereocenters. The number of aromatic nitrogens is 3. The molecule has 3 aliphatic rings. The van der Waals surface area contributed by atoms with Crippen LogP contribution < -0.4 is 10.1 Å². The molecule has 3 heterocycles. The van der Waals surface area contributed by atoms with Crippen LogP contribution in [0.5, 0.6) is 5.75 Å². The van der Waals surface area contributed by atoms with Gasteiger partial charge in [0.25, 0.3) is 0 Å². The summed E-state index contributed by atoms with van der Waals surface area (Å²) in [7, 11) is 1.68. The maximum Gasteiger partial charge on any atom is 0.184 e. The zero-order valence-electron chi connectivity index (χ0n) is 20.3. The van der Waals surface area contributed by atoms with Crippen LogP contribution in [0, 0.1) is 5.92 Å². The van der Waals surface area contributed by atoms with Crippen LogP contribution in [0.2, 0.25) is 0 Å². The number of aryl methyl sites for hydroxylation is 1. The quantitative estimate of drug-likeness (QED) is 0.399. The van der Waals surface area contributed by atoms with Gasteiger partial charge in [0.1, 0.15) is 23.5 Å². The van der Waals surface area contributed by atoms with Crippen molar-refractivity contribution in [2.45, 2.75) is 50.2 Å². The van der Waals surface area contributed by atoms with Crippen LogP contribution >= 0.6 is 0 Å². The molecule has 2 aliphatic carbocycles. The number of hydrogen-bond acceptors (Lipinski definition) is 6. The number of nitrogens with zero attached hydrogens (tertiary/aromatic N) is 3. The second-order valence-corrected chi connectivity index (χ2v) is 10.1. The van der Waals surface area contributed by atoms with Crippen LogP contribution in [-0.2, 0) is 15.9 Å². The number of ether oxygens (including phenoxy) is 3. The zero-order valence-corrected chi connectivity index (χ0v) is 20.3. The molecule has 2 aromatic carbocycles. The van der Waals surface area contributed by atoms with Gasteiger partial charge in [0, 0.05) is 23.7 Å². The number of fused-ring (bicyclic) bond motifs is 3. The van der Waals surface area contributed by atoms with Gasteiger partial charge in [-0.2, -0.15) is 0 Å². The summed E-state index contributed by atoms with van der Waals surface area (Å²) in [6.45, 7) is 0.708. The Bertz CT molecular complexity index is 1390. The van der Waals surface area contributed by atoms with E-state index < -0.39 is 0 Å². The first kappa shape index (κ1) is 21.8. The Morgan fingerprint density at radius 2 is 1.92 bits per heavy atom. The van der Waals surface area contributed by atoms with Gasteiger partial charge >= 0.3 is 0 Å². The van der Waals surface area contributed by atoms with E-state index in [2.05, 4.69) is 56.4 Å². The third kappa shape index (κ3) is 3.74. The molecule has 7 rings (SSSR count). The highest BCUT2D eigenvalue weighted by Crippen LogP contribution is 2.44. The largest absolute Gasteiger partial charge is 0.497 e. The summed E-state index contributed by atoms with van der Waals surface area (Å²) in [5, 5.41) is 4.78. The molecule has 7 heteroatoms. The van der Waals surface area contributed by atoms with Crippen LogP contribution in [0.1, 0.15) is 54.3 Å². The molecule has 1 saturated carbocycles. The molecule has 0 radical (unpaired) electrons. The van der Waals surface area contributed by atoms with E-state index in [1.54, 1.807) is 13.4 Å². The van der Waals surface area contributed by atoms with Crippen LogP contribution in [0.15, 0.2) is 67.1 Å². The van der Waals surface area contributed by atoms with Gasteiger partial charge in [-0.15, -0.1) is 0 Å². The van der Waals surface area contributed by atoms with E-state index in [1.165, 1.54) is 11.1 Å². The number of hydrogen-bond donors (Lipinski definition) is 1. The summed E-state index contributed by atoms with van der Waals surface area (Å²) in [4.78, 5) is 9.31. The number of benzene rings is 2. The fourth-order valence-electron chi connectivity index (χ4n) is 6.22. The van der Waals surface area contributed by atoms with Crippen molar-refractivity contribution in [3.05, 3.63) is 83.8 Å². The van der Waals surface area contributed by atoms with Crippen molar-refractivity contribution in [3.8, 4) is 5.75 Å². The summed E-state index contributed by atoms with van der Waals surface area (Å²) in [6.07, 6.45) is 7.85. The molecule has 2 fully saturated rings. The van der Waals surface area contributed by atoms with Gasteiger partial charge in [0.15, 0.2) is 6.29 Å². The average molecular weight is 483 g/mol. The average Bonchev–Trinajstić information content (AvgIpc) is 3.65. The first-order valence-electron chi connectivity index (χ1n) is 12.8. The highest BCUT2D eigenvalue weighted by atomic mass is 16.7. The summed E-state index contributed by atoms with van der Waals surface area (Å²) in [5.41, 5.74) is 4.82. The predicted octanol–water partition coefficient (Wildman–Crippen LogP) is 5.60. The summed E-state index contributed by atoms with van der Waals surface area (Å²) in [5.74, 6) is 2.13. The summed E-state index contributed by atoms with van der Waals surface area (Å²) < 4.78 is 20.1. The minimum atomic E-state index is -0.329. The van der Waals surface area contributed by atoms with E-state index in [0.29, 0.717) is 18.6 Å². The molecule has 1 aliphatic heterocycles. The summed E-state index contributed by atoms with van der Waals surface area (Å²) in [6, 6.07) is 19.4. The van der Waals surface area contributed by atoms with Crippen molar-refractivity contribution in [2.75, 3.05) is 19.0 Å². The minimum absolute atomic E-state index is 0.169. The topological polar surface area (TPSA) is 70.4 Å². The second kappa shape index (κ2) is 8.91. The van der Waals surface area contributed by atoms with Gasteiger partial charge in [0.2, 0.25) is 0 Å². The molecule has 36 heavy (non-hydrogen) atoms. The monoisotopic (exact) mass is 482 g/mol. The molecule has 0 amide bonds. The van der Waals surface area contributed by atoms with Crippen molar-refractivity contribution in [2.24, 2.45) is 5.92 Å². The molecule has 7 nitrogen and oxygen atoms in total. The van der Waals surface area contributed by atoms with Crippen molar-refractivity contribution in [3.63, 3.8) is 0 Å². The third-order valence-corrected chi connectivity index (χ3v) is 8.10. The predicted molar refractivity (Wildman–Crippen MR) is 137 cm³/mol. The van der Waals surface area contributed by atoms with Crippen molar-refractivity contribution in [1.29, 1.82) is 0 Å². The third-order valence-electron chi connectivity index (χ3n) is 8.10. The maximum absolute atomic E-state index is 6.43. The van der Waals surface area contributed by atoms with Gasteiger partial charge in [0.05, 0.1) is 31.2 Å². The Hall–Kier alpha value is -3.42. The molecular weight excluding hydrogens is 452 g/mol. The molecule has 4 aromatic rings. The van der Waals surface area contributed by atoms with Crippen molar-refractivity contribution in [1.82, 2.24) is 14.5 Å². The number of anilines is 1. The fourth-order valence-corrected chi connectivity index (χ4v) is 6.22. The highest BCUT2D eigenvalue weighted by molar-refractivity contribution is 5.87. The normalized spacial score (nSPS) is 27.1. The maximum atomic E-state index is 6.43. The van der Waals surface area contributed by atoms with Gasteiger partial charge in [-0.25, -0.2) is 9.97 Å². The SMILES string of the molecule is COc1ccc(C2OCC3CC(n4ccc5c(NC6CCc7ccccc76)ncnc54)CC3O2)cc1. The Morgan fingerprint density at radius 3 is 2.81 bits per heavy atom. The van der Waals surface area contributed by atoms with E-state index >= 15 is 0 Å². The number of rotatable bonds is 5. The smallest absolute Gasteiger partial charge is 0.184 e. The van der Waals surface area contributed by atoms with E-state index in [9.17, 15) is 0 Å². The lowest BCUT2D eigenvalue weighted by Gasteiger charge is -2.32. The van der Waals surface area contributed by atoms with Gasteiger partial charge in [-0.1, -0.05) is 36.4 Å². The van der Waals surface area contributed by atoms with Crippen LogP contribution in [0.3, 0.4) is 0 Å². The molecule has 0 spiro atoms. The van der Waals surface area contributed by atoms with Gasteiger partial charge in [-0.05, 0) is 55.0 Å². The Labute approximate surface area is 210 Å². The van der Waals surface area contributed by atoms with Crippen LogP contribution in [0.25, 0.3) is 11.0 Å². The minimum Gasteiger partial charge on any atom is -0.497 e. The Kier molecular flexibility index (Phi) is 5.40. The number of nitrogens with one attached hydrogen (secondary N) is 1. The molecule has 184 valence electrons. The molecular formula is C29H30N4O3. The first-order chi connectivity index (χ1) is 17.8. The van der Waals surface area contributed by atoms with E-state index in [1.807, 2.05) is 24.3 Å². The molecule has 0 bridgehead atoms. The zero-order chi connectivity index (χ0) is 24.1. The van der Waals surface area contributed by atoms with Gasteiger partial charge < -0.3 is 24.1 Å². The Balaban J connectivity index is 1.09. The molecule has 1 N–H and O–H groups in total. The summed E-state index contributed by atoms with van der Waals surface area (Å²) >= 11 is 0. The van der Waals surface area contributed by atoms with Crippen LogP contribution in [0.4, 0.5) is 5.82 Å². The molecule has 1 saturated heterocycles. The van der Waals surface area contributed by atoms with Gasteiger partial charge in [-0.3, -0.25) is 0 Å². The van der Waals surface area contributed by atoms with Crippen molar-refractivity contribution >= 4 is 16.9 Å². The highest BCUT2D eigenvalue weighted by Gasteiger charge is 2.41.